The van der Waals surface area contributed by atoms with Gasteiger partial charge in [0.05, 0.1) is 6.61 Å². The summed E-state index contributed by atoms with van der Waals surface area (Å²) in [5.41, 5.74) is 9.05. The number of carbonyl (C=O) groups excluding carboxylic acids is 3. The third-order valence-electron chi connectivity index (χ3n) is 5.98. The van der Waals surface area contributed by atoms with Crippen molar-refractivity contribution >= 4 is 52.5 Å². The number of aryl methyl sites for hydroxylation is 1. The first-order chi connectivity index (χ1) is 17.8. The minimum absolute atomic E-state index is 0. The Morgan fingerprint density at radius 2 is 1.71 bits per heavy atom. The van der Waals surface area contributed by atoms with Crippen molar-refractivity contribution < 1.29 is 19.1 Å². The van der Waals surface area contributed by atoms with E-state index in [0.717, 1.165) is 11.1 Å². The van der Waals surface area contributed by atoms with E-state index in [1.807, 2.05) is 17.7 Å². The summed E-state index contributed by atoms with van der Waals surface area (Å²) in [6.45, 7) is 1.62. The van der Waals surface area contributed by atoms with Gasteiger partial charge in [0, 0.05) is 65.3 Å². The summed E-state index contributed by atoms with van der Waals surface area (Å²) >= 11 is 0. The number of nitrogens with two attached hydrogens (primary N) is 1. The zero-order chi connectivity index (χ0) is 26.5. The molecule has 4 rings (SSSR count). The Morgan fingerprint density at radius 1 is 1.03 bits per heavy atom. The molecule has 0 bridgehead atoms. The van der Waals surface area contributed by atoms with Gasteiger partial charge in [-0.15, -0.1) is 12.4 Å². The molecule has 0 radical (unpaired) electrons. The first kappa shape index (κ1) is 28.1. The van der Waals surface area contributed by atoms with Crippen LogP contribution in [0.1, 0.15) is 38.8 Å². The quantitative estimate of drug-likeness (QED) is 0.145. The Labute approximate surface area is 226 Å². The molecule has 2 heterocycles. The van der Waals surface area contributed by atoms with E-state index in [1.54, 1.807) is 61.7 Å². The number of carbonyl (C=O) groups is 3. The van der Waals surface area contributed by atoms with Crippen molar-refractivity contribution in [1.29, 1.82) is 5.41 Å². The van der Waals surface area contributed by atoms with Crippen LogP contribution in [0.15, 0.2) is 73.2 Å². The number of amidine groups is 1. The molecule has 0 saturated heterocycles. The van der Waals surface area contributed by atoms with Crippen LogP contribution in [-0.4, -0.2) is 46.2 Å². The van der Waals surface area contributed by atoms with Crippen molar-refractivity contribution in [3.63, 3.8) is 0 Å². The molecule has 2 aromatic heterocycles. The molecule has 196 valence electrons. The number of nitrogen functional groups attached to an aromatic ring is 1. The number of fused-ring (bicyclic) bond motifs is 1. The molecule has 0 aliphatic carbocycles. The summed E-state index contributed by atoms with van der Waals surface area (Å²) in [7, 11) is 1.85. The Balaban J connectivity index is 0.00000400. The van der Waals surface area contributed by atoms with E-state index in [2.05, 4.69) is 4.98 Å². The van der Waals surface area contributed by atoms with Gasteiger partial charge in [0.2, 0.25) is 0 Å². The molecule has 0 fully saturated rings. The average Bonchev–Trinajstić information content (AvgIpc) is 3.23. The Morgan fingerprint density at radius 3 is 2.34 bits per heavy atom. The Kier molecular flexibility index (Phi) is 8.98. The summed E-state index contributed by atoms with van der Waals surface area (Å²) in [6, 6.07) is 15.4. The second kappa shape index (κ2) is 12.2. The number of Topliss-reactive ketones (excluding diaryl/α,β-unsaturated/α-hetero) is 1. The molecule has 10 heteroatoms. The van der Waals surface area contributed by atoms with Crippen LogP contribution in [0.25, 0.3) is 10.9 Å². The van der Waals surface area contributed by atoms with Crippen LogP contribution in [0.2, 0.25) is 0 Å². The highest BCUT2D eigenvalue weighted by molar-refractivity contribution is 6.12. The number of nitrogens with one attached hydrogen (secondary N) is 1. The molecular formula is C28H28ClN5O4. The Hall–Kier alpha value is -4.50. The van der Waals surface area contributed by atoms with Crippen LogP contribution in [0.3, 0.4) is 0 Å². The van der Waals surface area contributed by atoms with E-state index < -0.39 is 5.97 Å². The molecule has 2 aromatic carbocycles. The number of pyridine rings is 1. The first-order valence-electron chi connectivity index (χ1n) is 11.7. The number of nitrogens with zero attached hydrogens (tertiary/aromatic N) is 3. The number of aromatic nitrogens is 2. The summed E-state index contributed by atoms with van der Waals surface area (Å²) in [5, 5.41) is 8.20. The number of amides is 1. The number of ether oxygens (including phenoxy) is 1. The van der Waals surface area contributed by atoms with Gasteiger partial charge in [-0.3, -0.25) is 29.7 Å². The van der Waals surface area contributed by atoms with Crippen molar-refractivity contribution in [2.75, 3.05) is 18.1 Å². The van der Waals surface area contributed by atoms with Gasteiger partial charge >= 0.3 is 5.97 Å². The molecule has 9 nitrogen and oxygen atoms in total. The van der Waals surface area contributed by atoms with E-state index in [9.17, 15) is 14.4 Å². The van der Waals surface area contributed by atoms with Gasteiger partial charge in [-0.2, -0.15) is 0 Å². The number of anilines is 1. The van der Waals surface area contributed by atoms with Crippen LogP contribution < -0.4 is 10.6 Å². The minimum atomic E-state index is -0.539. The number of esters is 1. The SMILES string of the molecule is CCOC(=O)CN(C(=O)c1ccncc1)c1ccc2c(c1)c(C(=O)Cc1ccc(C(=N)N)cc1)cn2C.Cl. The smallest absolute Gasteiger partial charge is 0.326 e. The topological polar surface area (TPSA) is 131 Å². The van der Waals surface area contributed by atoms with Crippen molar-refractivity contribution in [3.05, 3.63) is 95.4 Å². The lowest BCUT2D eigenvalue weighted by molar-refractivity contribution is -0.141. The predicted octanol–water partition coefficient (Wildman–Crippen LogP) is 3.91. The van der Waals surface area contributed by atoms with Crippen LogP contribution >= 0.6 is 12.4 Å². The molecule has 0 unspecified atom stereocenters. The highest BCUT2D eigenvalue weighted by atomic mass is 35.5. The summed E-state index contributed by atoms with van der Waals surface area (Å²) < 4.78 is 6.95. The molecule has 0 spiro atoms. The lowest BCUT2D eigenvalue weighted by atomic mass is 10.0. The van der Waals surface area contributed by atoms with E-state index in [0.29, 0.717) is 27.8 Å². The average molecular weight is 534 g/mol. The van der Waals surface area contributed by atoms with Gasteiger partial charge in [0.25, 0.3) is 5.91 Å². The molecule has 4 aromatic rings. The number of hydrogen-bond acceptors (Lipinski definition) is 6. The molecule has 0 atom stereocenters. The van der Waals surface area contributed by atoms with E-state index >= 15 is 0 Å². The normalized spacial score (nSPS) is 10.5. The minimum Gasteiger partial charge on any atom is -0.465 e. The largest absolute Gasteiger partial charge is 0.465 e. The number of benzene rings is 2. The summed E-state index contributed by atoms with van der Waals surface area (Å²) in [4.78, 5) is 44.3. The van der Waals surface area contributed by atoms with Crippen molar-refractivity contribution in [2.45, 2.75) is 13.3 Å². The van der Waals surface area contributed by atoms with E-state index in [4.69, 9.17) is 15.9 Å². The third-order valence-corrected chi connectivity index (χ3v) is 5.98. The standard InChI is InChI=1S/C28H27N5O4.ClH/c1-3-37-26(35)17-33(28(36)20-10-12-31-13-11-20)21-8-9-24-22(15-21)23(16-32(24)2)25(34)14-18-4-6-19(7-5-18)27(29)30;/h4-13,15-16H,3,14,17H2,1-2H3,(H3,29,30);1H. The van der Waals surface area contributed by atoms with Crippen molar-refractivity contribution in [3.8, 4) is 0 Å². The van der Waals surface area contributed by atoms with Gasteiger partial charge in [0.15, 0.2) is 5.78 Å². The number of hydrogen-bond donors (Lipinski definition) is 2. The highest BCUT2D eigenvalue weighted by Gasteiger charge is 2.23. The second-order valence-corrected chi connectivity index (χ2v) is 8.50. The van der Waals surface area contributed by atoms with Crippen LogP contribution in [0.5, 0.6) is 0 Å². The van der Waals surface area contributed by atoms with Gasteiger partial charge in [-0.25, -0.2) is 0 Å². The van der Waals surface area contributed by atoms with E-state index in [-0.39, 0.29) is 49.5 Å². The predicted molar refractivity (Wildman–Crippen MR) is 148 cm³/mol. The highest BCUT2D eigenvalue weighted by Crippen LogP contribution is 2.28. The fourth-order valence-electron chi connectivity index (χ4n) is 4.12. The molecule has 38 heavy (non-hydrogen) atoms. The summed E-state index contributed by atoms with van der Waals surface area (Å²) in [5.74, 6) is -1.06. The Bertz CT molecular complexity index is 1480. The molecular weight excluding hydrogens is 506 g/mol. The van der Waals surface area contributed by atoms with E-state index in [1.165, 1.54) is 17.3 Å². The van der Waals surface area contributed by atoms with Gasteiger partial charge in [0.1, 0.15) is 12.4 Å². The molecule has 3 N–H and O–H groups in total. The number of ketones is 1. The monoisotopic (exact) mass is 533 g/mol. The second-order valence-electron chi connectivity index (χ2n) is 8.50. The number of halogens is 1. The van der Waals surface area contributed by atoms with Gasteiger partial charge in [-0.05, 0) is 42.8 Å². The van der Waals surface area contributed by atoms with Crippen LogP contribution in [-0.2, 0) is 23.0 Å². The maximum absolute atomic E-state index is 13.4. The number of rotatable bonds is 9. The lowest BCUT2D eigenvalue weighted by Gasteiger charge is -2.22. The molecule has 0 aliphatic rings. The molecule has 0 aliphatic heterocycles. The fraction of sp³-hybridized carbons (Fsp3) is 0.179. The third kappa shape index (κ3) is 6.07. The lowest BCUT2D eigenvalue weighted by Crippen LogP contribution is -2.36. The zero-order valence-corrected chi connectivity index (χ0v) is 21.8. The maximum Gasteiger partial charge on any atom is 0.326 e. The maximum atomic E-state index is 13.4. The van der Waals surface area contributed by atoms with Crippen LogP contribution in [0, 0.1) is 5.41 Å². The van der Waals surface area contributed by atoms with Gasteiger partial charge in [-0.1, -0.05) is 24.3 Å². The van der Waals surface area contributed by atoms with Crippen molar-refractivity contribution in [1.82, 2.24) is 9.55 Å². The zero-order valence-electron chi connectivity index (χ0n) is 21.0. The van der Waals surface area contributed by atoms with Crippen molar-refractivity contribution in [2.24, 2.45) is 12.8 Å². The summed E-state index contributed by atoms with van der Waals surface area (Å²) in [6.07, 6.45) is 4.94. The van der Waals surface area contributed by atoms with Crippen LogP contribution in [0.4, 0.5) is 5.69 Å². The van der Waals surface area contributed by atoms with Gasteiger partial charge < -0.3 is 15.0 Å². The first-order valence-corrected chi connectivity index (χ1v) is 11.7. The molecule has 0 saturated carbocycles. The fourth-order valence-corrected chi connectivity index (χ4v) is 4.12. The molecule has 1 amide bonds.